The zero-order valence-electron chi connectivity index (χ0n) is 14.2. The van der Waals surface area contributed by atoms with Crippen LogP contribution in [-0.4, -0.2) is 51.1 Å². The molecule has 3 fully saturated rings. The van der Waals surface area contributed by atoms with E-state index in [4.69, 9.17) is 0 Å². The number of aromatic nitrogens is 1. The van der Waals surface area contributed by atoms with Crippen molar-refractivity contribution in [3.05, 3.63) is 24.0 Å². The predicted molar refractivity (Wildman–Crippen MR) is 89.8 cm³/mol. The number of fused-ring (bicyclic) bond motifs is 1. The number of carbonyl (C=O) groups excluding carboxylic acids is 1. The number of pyridine rings is 1. The second-order valence-electron chi connectivity index (χ2n) is 8.60. The summed E-state index contributed by atoms with van der Waals surface area (Å²) in [4.78, 5) is 18.6. The highest BCUT2D eigenvalue weighted by molar-refractivity contribution is 5.95. The van der Waals surface area contributed by atoms with Gasteiger partial charge in [0.05, 0.1) is 18.3 Å². The van der Waals surface area contributed by atoms with Crippen LogP contribution < -0.4 is 0 Å². The molecule has 1 saturated heterocycles. The first-order valence-corrected chi connectivity index (χ1v) is 8.98. The van der Waals surface area contributed by atoms with Crippen LogP contribution in [-0.2, 0) is 0 Å². The van der Waals surface area contributed by atoms with Gasteiger partial charge in [-0.2, -0.15) is 0 Å². The molecule has 4 rings (SSSR count). The standard InChI is InChI=1S/C19H26N2O3/c1-18-11-19(24,6-13-2-3-13)7-14(18)9-21(12-18)10-17(23)16-5-4-15(22)8-20-16/h4-5,8,13-14,22,24H,2-3,6-7,9-12H2,1H3/t14-,18+,19-/m0/s1. The van der Waals surface area contributed by atoms with E-state index in [1.54, 1.807) is 6.07 Å². The molecule has 1 aliphatic heterocycles. The van der Waals surface area contributed by atoms with Gasteiger partial charge in [0.2, 0.25) is 0 Å². The van der Waals surface area contributed by atoms with E-state index < -0.39 is 5.60 Å². The minimum atomic E-state index is -0.477. The van der Waals surface area contributed by atoms with Crippen LogP contribution in [0.5, 0.6) is 5.75 Å². The fraction of sp³-hybridized carbons (Fsp3) is 0.684. The van der Waals surface area contributed by atoms with E-state index in [2.05, 4.69) is 16.8 Å². The first kappa shape index (κ1) is 16.0. The molecular formula is C19H26N2O3. The Morgan fingerprint density at radius 3 is 2.83 bits per heavy atom. The van der Waals surface area contributed by atoms with Gasteiger partial charge in [-0.3, -0.25) is 9.69 Å². The minimum Gasteiger partial charge on any atom is -0.506 e. The normalized spacial score (nSPS) is 36.0. The summed E-state index contributed by atoms with van der Waals surface area (Å²) in [5, 5.41) is 20.2. The van der Waals surface area contributed by atoms with Crippen molar-refractivity contribution in [1.82, 2.24) is 9.88 Å². The second-order valence-corrected chi connectivity index (χ2v) is 8.60. The van der Waals surface area contributed by atoms with Gasteiger partial charge in [0.1, 0.15) is 11.4 Å². The summed E-state index contributed by atoms with van der Waals surface area (Å²) in [5.41, 5.74) is 0.0434. The number of hydrogen-bond donors (Lipinski definition) is 2. The number of nitrogens with zero attached hydrogens (tertiary/aromatic N) is 2. The topological polar surface area (TPSA) is 73.7 Å². The van der Waals surface area contributed by atoms with Gasteiger partial charge in [0.25, 0.3) is 0 Å². The van der Waals surface area contributed by atoms with Gasteiger partial charge in [-0.05, 0) is 48.6 Å². The lowest BCUT2D eigenvalue weighted by atomic mass is 9.82. The zero-order chi connectivity index (χ0) is 16.9. The molecule has 0 amide bonds. The average Bonchev–Trinajstić information content (AvgIpc) is 3.19. The number of ketones is 1. The maximum Gasteiger partial charge on any atom is 0.195 e. The fourth-order valence-corrected chi connectivity index (χ4v) is 5.00. The molecule has 0 radical (unpaired) electrons. The number of rotatable bonds is 5. The SMILES string of the molecule is C[C@@]12CN(CC(=O)c3ccc(O)cn3)C[C@@H]1C[C@@](O)(CC1CC1)C2. The highest BCUT2D eigenvalue weighted by Gasteiger charge is 2.56. The highest BCUT2D eigenvalue weighted by Crippen LogP contribution is 2.56. The predicted octanol–water partition coefficient (Wildman–Crippen LogP) is 2.23. The van der Waals surface area contributed by atoms with E-state index in [1.165, 1.54) is 25.1 Å². The Bertz CT molecular complexity index is 643. The van der Waals surface area contributed by atoms with Crippen LogP contribution in [0.2, 0.25) is 0 Å². The molecular weight excluding hydrogens is 304 g/mol. The van der Waals surface area contributed by atoms with Crippen LogP contribution >= 0.6 is 0 Å². The Labute approximate surface area is 142 Å². The summed E-state index contributed by atoms with van der Waals surface area (Å²) in [6.45, 7) is 4.39. The van der Waals surface area contributed by atoms with Crippen molar-refractivity contribution >= 4 is 5.78 Å². The van der Waals surface area contributed by atoms with Crippen LogP contribution in [0.15, 0.2) is 18.3 Å². The molecule has 0 aromatic carbocycles. The first-order chi connectivity index (χ1) is 11.4. The molecule has 0 bridgehead atoms. The van der Waals surface area contributed by atoms with Crippen LogP contribution in [0.4, 0.5) is 0 Å². The average molecular weight is 330 g/mol. The Hall–Kier alpha value is -1.46. The molecule has 1 aromatic heterocycles. The number of aliphatic hydroxyl groups is 1. The summed E-state index contributed by atoms with van der Waals surface area (Å²) in [6, 6.07) is 3.07. The molecule has 0 spiro atoms. The van der Waals surface area contributed by atoms with E-state index in [0.29, 0.717) is 18.2 Å². The van der Waals surface area contributed by atoms with E-state index in [9.17, 15) is 15.0 Å². The summed E-state index contributed by atoms with van der Waals surface area (Å²) in [6.07, 6.45) is 6.58. The van der Waals surface area contributed by atoms with Gasteiger partial charge < -0.3 is 10.2 Å². The number of Topliss-reactive ketones (excluding diaryl/α,β-unsaturated/α-hetero) is 1. The molecule has 2 N–H and O–H groups in total. The van der Waals surface area contributed by atoms with Crippen molar-refractivity contribution < 1.29 is 15.0 Å². The largest absolute Gasteiger partial charge is 0.506 e. The molecule has 3 atom stereocenters. The third-order valence-electron chi connectivity index (χ3n) is 6.17. The quantitative estimate of drug-likeness (QED) is 0.810. The van der Waals surface area contributed by atoms with Gasteiger partial charge in [0.15, 0.2) is 5.78 Å². The Morgan fingerprint density at radius 2 is 2.21 bits per heavy atom. The molecule has 2 heterocycles. The maximum absolute atomic E-state index is 12.4. The van der Waals surface area contributed by atoms with Crippen LogP contribution in [0.25, 0.3) is 0 Å². The summed E-state index contributed by atoms with van der Waals surface area (Å²) >= 11 is 0. The Kier molecular flexibility index (Phi) is 3.69. The van der Waals surface area contributed by atoms with E-state index >= 15 is 0 Å². The highest BCUT2D eigenvalue weighted by atomic mass is 16.3. The van der Waals surface area contributed by atoms with Crippen LogP contribution in [0.3, 0.4) is 0 Å². The number of likely N-dealkylation sites (tertiary alicyclic amines) is 1. The van der Waals surface area contributed by atoms with Crippen molar-refractivity contribution in [2.24, 2.45) is 17.3 Å². The van der Waals surface area contributed by atoms with E-state index in [-0.39, 0.29) is 16.9 Å². The molecule has 24 heavy (non-hydrogen) atoms. The molecule has 2 saturated carbocycles. The lowest BCUT2D eigenvalue weighted by molar-refractivity contribution is 0.0156. The van der Waals surface area contributed by atoms with Gasteiger partial charge in [0, 0.05) is 13.1 Å². The smallest absolute Gasteiger partial charge is 0.195 e. The summed E-state index contributed by atoms with van der Waals surface area (Å²) in [5.74, 6) is 1.29. The fourth-order valence-electron chi connectivity index (χ4n) is 5.00. The van der Waals surface area contributed by atoms with Gasteiger partial charge >= 0.3 is 0 Å². The van der Waals surface area contributed by atoms with Crippen LogP contribution in [0, 0.1) is 17.3 Å². The number of carbonyl (C=O) groups is 1. The summed E-state index contributed by atoms with van der Waals surface area (Å²) < 4.78 is 0. The molecule has 3 aliphatic rings. The Balaban J connectivity index is 1.37. The van der Waals surface area contributed by atoms with Crippen molar-refractivity contribution in [2.75, 3.05) is 19.6 Å². The van der Waals surface area contributed by atoms with Crippen LogP contribution in [0.1, 0.15) is 49.5 Å². The maximum atomic E-state index is 12.4. The van der Waals surface area contributed by atoms with Crippen molar-refractivity contribution in [3.63, 3.8) is 0 Å². The summed E-state index contributed by atoms with van der Waals surface area (Å²) in [7, 11) is 0. The zero-order valence-corrected chi connectivity index (χ0v) is 14.2. The molecule has 1 aromatic rings. The van der Waals surface area contributed by atoms with E-state index in [1.807, 2.05) is 0 Å². The van der Waals surface area contributed by atoms with Gasteiger partial charge in [-0.1, -0.05) is 19.8 Å². The molecule has 130 valence electrons. The molecule has 2 aliphatic carbocycles. The van der Waals surface area contributed by atoms with Crippen molar-refractivity contribution in [3.8, 4) is 5.75 Å². The van der Waals surface area contributed by atoms with E-state index in [0.717, 1.165) is 38.3 Å². The number of aromatic hydroxyl groups is 1. The van der Waals surface area contributed by atoms with Gasteiger partial charge in [-0.25, -0.2) is 4.98 Å². The first-order valence-electron chi connectivity index (χ1n) is 8.98. The third kappa shape index (κ3) is 3.07. The third-order valence-corrected chi connectivity index (χ3v) is 6.17. The molecule has 5 heteroatoms. The lowest BCUT2D eigenvalue weighted by Gasteiger charge is -2.28. The van der Waals surface area contributed by atoms with Crippen molar-refractivity contribution in [1.29, 1.82) is 0 Å². The number of hydrogen-bond acceptors (Lipinski definition) is 5. The second kappa shape index (κ2) is 5.53. The van der Waals surface area contributed by atoms with Crippen molar-refractivity contribution in [2.45, 2.75) is 44.6 Å². The monoisotopic (exact) mass is 330 g/mol. The Morgan fingerprint density at radius 1 is 1.42 bits per heavy atom. The minimum absolute atomic E-state index is 0.00758. The molecule has 5 nitrogen and oxygen atoms in total. The lowest BCUT2D eigenvalue weighted by Crippen LogP contribution is -2.35. The molecule has 0 unspecified atom stereocenters. The van der Waals surface area contributed by atoms with Gasteiger partial charge in [-0.15, -0.1) is 0 Å².